The van der Waals surface area contributed by atoms with E-state index in [0.29, 0.717) is 6.61 Å². The third-order valence-corrected chi connectivity index (χ3v) is 6.77. The van der Waals surface area contributed by atoms with Crippen LogP contribution in [0.2, 0.25) is 0 Å². The van der Waals surface area contributed by atoms with E-state index in [1.54, 1.807) is 0 Å². The molecule has 1 heterocycles. The van der Waals surface area contributed by atoms with Gasteiger partial charge in [-0.2, -0.15) is 0 Å². The summed E-state index contributed by atoms with van der Waals surface area (Å²) in [5.74, 6) is 1.03. The van der Waals surface area contributed by atoms with Gasteiger partial charge in [0, 0.05) is 17.1 Å². The smallest absolute Gasteiger partial charge is 0.330 e. The molecule has 1 atom stereocenters. The third-order valence-electron chi connectivity index (χ3n) is 3.77. The summed E-state index contributed by atoms with van der Waals surface area (Å²) in [6, 6.07) is 0. The van der Waals surface area contributed by atoms with E-state index in [9.17, 15) is 4.79 Å². The van der Waals surface area contributed by atoms with Crippen LogP contribution in [0.3, 0.4) is 0 Å². The van der Waals surface area contributed by atoms with Gasteiger partial charge in [0.15, 0.2) is 0 Å². The number of carbonyl (C=O) groups is 1. The lowest BCUT2D eigenvalue weighted by Gasteiger charge is -2.07. The normalized spacial score (nSPS) is 17.5. The molecule has 22 heavy (non-hydrogen) atoms. The maximum Gasteiger partial charge on any atom is 0.330 e. The predicted molar refractivity (Wildman–Crippen MR) is 99.4 cm³/mol. The number of unbranched alkanes of at least 4 members (excludes halogenated alkanes) is 5. The quantitative estimate of drug-likeness (QED) is 0.216. The minimum absolute atomic E-state index is 0.328. The summed E-state index contributed by atoms with van der Waals surface area (Å²) in [5, 5.41) is 4.34. The van der Waals surface area contributed by atoms with Crippen LogP contribution in [-0.4, -0.2) is 36.7 Å². The van der Waals surface area contributed by atoms with Crippen molar-refractivity contribution in [1.82, 2.24) is 5.32 Å². The minimum atomic E-state index is -0.328. The molecule has 0 radical (unpaired) electrons. The Hall–Kier alpha value is -0.130. The first-order valence-electron chi connectivity index (χ1n) is 8.61. The Kier molecular flexibility index (Phi) is 13.1. The van der Waals surface area contributed by atoms with Gasteiger partial charge in [0.05, 0.1) is 6.61 Å². The van der Waals surface area contributed by atoms with Crippen molar-refractivity contribution in [2.24, 2.45) is 0 Å². The number of nitrogens with one attached hydrogen (secondary N) is 1. The second kappa shape index (κ2) is 14.5. The summed E-state index contributed by atoms with van der Waals surface area (Å²) in [5.41, 5.74) is 0. The molecular formula is C17H31NO2S2. The number of carbonyl (C=O) groups excluding carboxylic acids is 1. The van der Waals surface area contributed by atoms with Crippen LogP contribution in [-0.2, 0) is 9.53 Å². The molecule has 0 aromatic carbocycles. The van der Waals surface area contributed by atoms with Crippen LogP contribution < -0.4 is 5.32 Å². The zero-order valence-electron chi connectivity index (χ0n) is 13.7. The predicted octanol–water partition coefficient (Wildman–Crippen LogP) is 4.58. The van der Waals surface area contributed by atoms with Crippen molar-refractivity contribution in [1.29, 1.82) is 0 Å². The summed E-state index contributed by atoms with van der Waals surface area (Å²) in [4.78, 5) is 10.8. The Labute approximate surface area is 143 Å². The molecule has 0 amide bonds. The van der Waals surface area contributed by atoms with Crippen LogP contribution in [0.1, 0.15) is 57.8 Å². The molecule has 0 saturated carbocycles. The van der Waals surface area contributed by atoms with Gasteiger partial charge in [-0.25, -0.2) is 4.79 Å². The average Bonchev–Trinajstić information content (AvgIpc) is 3.04. The van der Waals surface area contributed by atoms with Gasteiger partial charge in [0.1, 0.15) is 0 Å². The van der Waals surface area contributed by atoms with Crippen molar-refractivity contribution in [3.05, 3.63) is 12.7 Å². The van der Waals surface area contributed by atoms with Crippen molar-refractivity contribution in [2.75, 3.05) is 25.4 Å². The molecule has 5 heteroatoms. The molecule has 0 aromatic heterocycles. The van der Waals surface area contributed by atoms with E-state index < -0.39 is 0 Å². The monoisotopic (exact) mass is 345 g/mol. The Morgan fingerprint density at radius 2 is 1.86 bits per heavy atom. The molecule has 3 nitrogen and oxygen atoms in total. The number of hydrogen-bond donors (Lipinski definition) is 1. The maximum absolute atomic E-state index is 10.8. The Morgan fingerprint density at radius 3 is 2.59 bits per heavy atom. The second-order valence-electron chi connectivity index (χ2n) is 5.71. The topological polar surface area (TPSA) is 38.3 Å². The molecule has 1 unspecified atom stereocenters. The van der Waals surface area contributed by atoms with Crippen LogP contribution in [0.15, 0.2) is 12.7 Å². The Morgan fingerprint density at radius 1 is 1.14 bits per heavy atom. The highest BCUT2D eigenvalue weighted by atomic mass is 33.1. The van der Waals surface area contributed by atoms with E-state index in [2.05, 4.69) is 22.7 Å². The van der Waals surface area contributed by atoms with Gasteiger partial charge in [0.25, 0.3) is 0 Å². The number of esters is 1. The fourth-order valence-electron chi connectivity index (χ4n) is 2.45. The molecule has 1 aliphatic rings. The third kappa shape index (κ3) is 11.4. The van der Waals surface area contributed by atoms with Crippen LogP contribution in [0.25, 0.3) is 0 Å². The Balaban J connectivity index is 1.69. The number of ether oxygens (including phenoxy) is 1. The molecular weight excluding hydrogens is 314 g/mol. The summed E-state index contributed by atoms with van der Waals surface area (Å²) in [6.45, 7) is 5.84. The molecule has 0 aliphatic carbocycles. The lowest BCUT2D eigenvalue weighted by molar-refractivity contribution is -0.137. The summed E-state index contributed by atoms with van der Waals surface area (Å²) < 4.78 is 4.91. The van der Waals surface area contributed by atoms with Gasteiger partial charge in [-0.1, -0.05) is 60.3 Å². The first-order chi connectivity index (χ1) is 10.8. The van der Waals surface area contributed by atoms with Crippen molar-refractivity contribution in [2.45, 2.75) is 63.0 Å². The largest absolute Gasteiger partial charge is 0.462 e. The fourth-order valence-corrected chi connectivity index (χ4v) is 5.48. The van der Waals surface area contributed by atoms with Gasteiger partial charge in [-0.15, -0.1) is 0 Å². The van der Waals surface area contributed by atoms with E-state index in [-0.39, 0.29) is 5.97 Å². The molecule has 1 saturated heterocycles. The van der Waals surface area contributed by atoms with E-state index in [1.807, 2.05) is 10.8 Å². The highest BCUT2D eigenvalue weighted by Crippen LogP contribution is 2.39. The molecule has 0 bridgehead atoms. The first-order valence-corrected chi connectivity index (χ1v) is 11.0. The van der Waals surface area contributed by atoms with Crippen molar-refractivity contribution in [3.8, 4) is 0 Å². The highest BCUT2D eigenvalue weighted by molar-refractivity contribution is 8.77. The average molecular weight is 346 g/mol. The molecule has 1 fully saturated rings. The van der Waals surface area contributed by atoms with E-state index >= 15 is 0 Å². The minimum Gasteiger partial charge on any atom is -0.462 e. The summed E-state index contributed by atoms with van der Waals surface area (Å²) in [6.07, 6.45) is 13.1. The Bertz CT molecular complexity index is 294. The van der Waals surface area contributed by atoms with Crippen molar-refractivity contribution in [3.63, 3.8) is 0 Å². The molecule has 1 aliphatic heterocycles. The standard InChI is InChI=1S/C17H31NO2S2/c1-2-17(19)20-14-9-13-18-12-8-6-4-3-5-7-10-16-11-15-21-22-16/h2,16,18H,1,3-15H2. The molecule has 0 spiro atoms. The van der Waals surface area contributed by atoms with Gasteiger partial charge in [-0.05, 0) is 38.8 Å². The molecule has 0 aromatic rings. The molecule has 1 N–H and O–H groups in total. The zero-order chi connectivity index (χ0) is 15.9. The zero-order valence-corrected chi connectivity index (χ0v) is 15.3. The van der Waals surface area contributed by atoms with Gasteiger partial charge < -0.3 is 10.1 Å². The van der Waals surface area contributed by atoms with Gasteiger partial charge >= 0.3 is 5.97 Å². The van der Waals surface area contributed by atoms with Crippen LogP contribution in [0.4, 0.5) is 0 Å². The van der Waals surface area contributed by atoms with Gasteiger partial charge in [0.2, 0.25) is 0 Å². The van der Waals surface area contributed by atoms with Crippen molar-refractivity contribution < 1.29 is 9.53 Å². The lowest BCUT2D eigenvalue weighted by Crippen LogP contribution is -2.18. The first kappa shape index (κ1) is 19.9. The molecule has 1 rings (SSSR count). The second-order valence-corrected chi connectivity index (χ2v) is 8.50. The van der Waals surface area contributed by atoms with Crippen LogP contribution in [0, 0.1) is 0 Å². The lowest BCUT2D eigenvalue weighted by atomic mass is 10.1. The van der Waals surface area contributed by atoms with E-state index in [0.717, 1.165) is 24.8 Å². The maximum atomic E-state index is 10.8. The van der Waals surface area contributed by atoms with Crippen LogP contribution in [0.5, 0.6) is 0 Å². The summed E-state index contributed by atoms with van der Waals surface area (Å²) in [7, 11) is 4.15. The highest BCUT2D eigenvalue weighted by Gasteiger charge is 2.15. The van der Waals surface area contributed by atoms with E-state index in [4.69, 9.17) is 4.74 Å². The number of hydrogen-bond acceptors (Lipinski definition) is 5. The fraction of sp³-hybridized carbons (Fsp3) is 0.824. The SMILES string of the molecule is C=CC(=O)OCCCNCCCCCCCCC1CCSS1. The van der Waals surface area contributed by atoms with Crippen LogP contribution >= 0.6 is 21.6 Å². The summed E-state index contributed by atoms with van der Waals surface area (Å²) >= 11 is 0. The van der Waals surface area contributed by atoms with Gasteiger partial charge in [-0.3, -0.25) is 0 Å². The van der Waals surface area contributed by atoms with E-state index in [1.165, 1.54) is 63.2 Å². The van der Waals surface area contributed by atoms with Crippen molar-refractivity contribution >= 4 is 27.6 Å². The molecule has 128 valence electrons. The number of rotatable bonds is 14.